The van der Waals surface area contributed by atoms with E-state index in [0.717, 1.165) is 41.8 Å². The number of hydrogen-bond acceptors (Lipinski definition) is 5. The fraction of sp³-hybridized carbons (Fsp3) is 0.217. The molecule has 1 amide bonds. The summed E-state index contributed by atoms with van der Waals surface area (Å²) in [6, 6.07) is 17.0. The molecule has 0 bridgehead atoms. The summed E-state index contributed by atoms with van der Waals surface area (Å²) in [6.45, 7) is 0.174. The zero-order valence-electron chi connectivity index (χ0n) is 16.6. The first-order chi connectivity index (χ1) is 14.6. The fourth-order valence-electron chi connectivity index (χ4n) is 3.85. The van der Waals surface area contributed by atoms with Crippen molar-refractivity contribution in [3.63, 3.8) is 0 Å². The molecule has 1 heterocycles. The average molecular weight is 402 g/mol. The van der Waals surface area contributed by atoms with Crippen LogP contribution in [-0.2, 0) is 24.2 Å². The van der Waals surface area contributed by atoms with E-state index in [1.165, 1.54) is 7.11 Å². The van der Waals surface area contributed by atoms with Gasteiger partial charge in [0.25, 0.3) is 0 Å². The Labute approximate surface area is 174 Å². The highest BCUT2D eigenvalue weighted by Gasteiger charge is 2.26. The van der Waals surface area contributed by atoms with E-state index in [-0.39, 0.29) is 6.61 Å². The van der Waals surface area contributed by atoms with Gasteiger partial charge in [-0.15, -0.1) is 0 Å². The molecule has 1 aliphatic carbocycles. The number of benzene rings is 2. The van der Waals surface area contributed by atoms with Crippen LogP contribution in [0.1, 0.15) is 28.9 Å². The highest BCUT2D eigenvalue weighted by molar-refractivity contribution is 5.87. The van der Waals surface area contributed by atoms with Crippen LogP contribution in [0.2, 0.25) is 0 Å². The number of rotatable bonds is 5. The number of nitrogens with one attached hydrogen (secondary N) is 1. The molecule has 7 heteroatoms. The van der Waals surface area contributed by atoms with Crippen molar-refractivity contribution in [2.75, 3.05) is 18.2 Å². The van der Waals surface area contributed by atoms with Gasteiger partial charge < -0.3 is 19.8 Å². The van der Waals surface area contributed by atoms with Crippen molar-refractivity contribution in [1.82, 2.24) is 4.57 Å². The molecule has 7 nitrogen and oxygen atoms in total. The maximum atomic E-state index is 12.2. The molecule has 0 saturated carbocycles. The minimum atomic E-state index is -0.575. The van der Waals surface area contributed by atoms with Crippen molar-refractivity contribution >= 4 is 17.5 Å². The van der Waals surface area contributed by atoms with Crippen molar-refractivity contribution in [2.24, 2.45) is 0 Å². The van der Waals surface area contributed by atoms with Gasteiger partial charge in [-0.3, -0.25) is 5.32 Å². The number of aromatic nitrogens is 1. The van der Waals surface area contributed by atoms with Gasteiger partial charge in [0.2, 0.25) is 0 Å². The summed E-state index contributed by atoms with van der Waals surface area (Å²) in [7, 11) is 1.53. The van der Waals surface area contributed by atoms with E-state index in [9.17, 15) is 10.1 Å². The summed E-state index contributed by atoms with van der Waals surface area (Å²) in [4.78, 5) is 12.2. The van der Waals surface area contributed by atoms with E-state index >= 15 is 0 Å². The highest BCUT2D eigenvalue weighted by atomic mass is 16.5. The van der Waals surface area contributed by atoms with E-state index < -0.39 is 6.09 Å². The lowest BCUT2D eigenvalue weighted by atomic mass is 10.2. The summed E-state index contributed by atoms with van der Waals surface area (Å²) in [5, 5.41) is 12.3. The number of carbonyl (C=O) groups excluding carboxylic acids is 1. The second-order valence-electron chi connectivity index (χ2n) is 7.06. The highest BCUT2D eigenvalue weighted by Crippen LogP contribution is 2.37. The first-order valence-electron chi connectivity index (χ1n) is 9.70. The van der Waals surface area contributed by atoms with Crippen LogP contribution in [0.25, 0.3) is 5.69 Å². The van der Waals surface area contributed by atoms with Gasteiger partial charge in [0.1, 0.15) is 24.1 Å². The molecule has 2 aromatic carbocycles. The zero-order valence-corrected chi connectivity index (χ0v) is 16.6. The van der Waals surface area contributed by atoms with Crippen molar-refractivity contribution in [3.05, 3.63) is 71.0 Å². The SMILES string of the molecule is COc1cc(-n2c(C#N)c(N)c3c2CCC3)ccc1NC(=O)OCc1ccccc1. The van der Waals surface area contributed by atoms with Crippen LogP contribution in [0.3, 0.4) is 0 Å². The first-order valence-corrected chi connectivity index (χ1v) is 9.70. The number of nitriles is 1. The number of methoxy groups -OCH3 is 1. The van der Waals surface area contributed by atoms with Crippen LogP contribution in [0, 0.1) is 11.3 Å². The van der Waals surface area contributed by atoms with Crippen molar-refractivity contribution < 1.29 is 14.3 Å². The molecule has 0 spiro atoms. The van der Waals surface area contributed by atoms with E-state index in [4.69, 9.17) is 15.2 Å². The number of amides is 1. The number of anilines is 2. The van der Waals surface area contributed by atoms with Gasteiger partial charge >= 0.3 is 6.09 Å². The summed E-state index contributed by atoms with van der Waals surface area (Å²) >= 11 is 0. The Hall–Kier alpha value is -3.92. The van der Waals surface area contributed by atoms with Gasteiger partial charge in [-0.25, -0.2) is 4.79 Å². The molecule has 1 aromatic heterocycles. The molecule has 30 heavy (non-hydrogen) atoms. The van der Waals surface area contributed by atoms with Crippen LogP contribution in [0.5, 0.6) is 5.75 Å². The largest absolute Gasteiger partial charge is 0.494 e. The maximum absolute atomic E-state index is 12.2. The molecule has 0 atom stereocenters. The second kappa shape index (κ2) is 8.21. The second-order valence-corrected chi connectivity index (χ2v) is 7.06. The minimum absolute atomic E-state index is 0.174. The van der Waals surface area contributed by atoms with Crippen LogP contribution >= 0.6 is 0 Å². The van der Waals surface area contributed by atoms with E-state index in [1.807, 2.05) is 41.0 Å². The Morgan fingerprint density at radius 1 is 1.23 bits per heavy atom. The first kappa shape index (κ1) is 19.4. The Morgan fingerprint density at radius 3 is 2.77 bits per heavy atom. The number of nitrogens with two attached hydrogens (primary N) is 1. The lowest BCUT2D eigenvalue weighted by Gasteiger charge is -2.15. The van der Waals surface area contributed by atoms with Crippen LogP contribution < -0.4 is 15.8 Å². The zero-order chi connectivity index (χ0) is 21.1. The third kappa shape index (κ3) is 3.55. The number of fused-ring (bicyclic) bond motifs is 1. The molecular formula is C23H22N4O3. The van der Waals surface area contributed by atoms with Gasteiger partial charge in [-0.05, 0) is 42.5 Å². The monoisotopic (exact) mass is 402 g/mol. The molecule has 0 radical (unpaired) electrons. The predicted molar refractivity (Wildman–Crippen MR) is 114 cm³/mol. The number of carbonyl (C=O) groups is 1. The topological polar surface area (TPSA) is 102 Å². The molecule has 0 fully saturated rings. The molecule has 0 unspecified atom stereocenters. The summed E-state index contributed by atoms with van der Waals surface area (Å²) in [6.07, 6.45) is 2.20. The Bertz CT molecular complexity index is 1130. The number of hydrogen-bond donors (Lipinski definition) is 2. The van der Waals surface area contributed by atoms with Gasteiger partial charge in [0, 0.05) is 11.8 Å². The lowest BCUT2D eigenvalue weighted by Crippen LogP contribution is -2.14. The van der Waals surface area contributed by atoms with E-state index in [1.54, 1.807) is 12.1 Å². The smallest absolute Gasteiger partial charge is 0.412 e. The molecular weight excluding hydrogens is 380 g/mol. The molecule has 0 saturated heterocycles. The normalized spacial score (nSPS) is 12.1. The van der Waals surface area contributed by atoms with Crippen LogP contribution in [0.4, 0.5) is 16.2 Å². The van der Waals surface area contributed by atoms with Gasteiger partial charge in [0.05, 0.1) is 24.2 Å². The standard InChI is InChI=1S/C23H22N4O3/c1-29-21-12-16(27-19-9-5-8-17(19)22(25)20(27)13-24)10-11-18(21)26-23(28)30-14-15-6-3-2-4-7-15/h2-4,6-7,10-12H,5,8-9,14,25H2,1H3,(H,26,28). The number of nitrogens with zero attached hydrogens (tertiary/aromatic N) is 2. The van der Waals surface area contributed by atoms with Crippen LogP contribution in [-0.4, -0.2) is 17.8 Å². The maximum Gasteiger partial charge on any atom is 0.412 e. The molecule has 3 N–H and O–H groups in total. The Kier molecular flexibility index (Phi) is 5.31. The number of nitrogen functional groups attached to an aromatic ring is 1. The van der Waals surface area contributed by atoms with E-state index in [0.29, 0.717) is 22.8 Å². The summed E-state index contributed by atoms with van der Waals surface area (Å²) < 4.78 is 12.6. The number of ether oxygens (including phenoxy) is 2. The average Bonchev–Trinajstić information content (AvgIpc) is 3.35. The van der Waals surface area contributed by atoms with E-state index in [2.05, 4.69) is 11.4 Å². The Morgan fingerprint density at radius 2 is 2.03 bits per heavy atom. The molecule has 3 aromatic rings. The van der Waals surface area contributed by atoms with Crippen molar-refractivity contribution in [3.8, 4) is 17.5 Å². The van der Waals surface area contributed by atoms with Crippen LogP contribution in [0.15, 0.2) is 48.5 Å². The van der Waals surface area contributed by atoms with Gasteiger partial charge in [0.15, 0.2) is 0 Å². The molecule has 0 aliphatic heterocycles. The third-order valence-corrected chi connectivity index (χ3v) is 5.26. The fourth-order valence-corrected chi connectivity index (χ4v) is 3.85. The summed E-state index contributed by atoms with van der Waals surface area (Å²) in [5.74, 6) is 0.465. The third-order valence-electron chi connectivity index (χ3n) is 5.26. The van der Waals surface area contributed by atoms with Crippen molar-refractivity contribution in [2.45, 2.75) is 25.9 Å². The molecule has 1 aliphatic rings. The lowest BCUT2D eigenvalue weighted by molar-refractivity contribution is 0.155. The summed E-state index contributed by atoms with van der Waals surface area (Å²) in [5.41, 5.74) is 11.5. The molecule has 152 valence electrons. The minimum Gasteiger partial charge on any atom is -0.494 e. The van der Waals surface area contributed by atoms with Gasteiger partial charge in [-0.2, -0.15) is 5.26 Å². The quantitative estimate of drug-likeness (QED) is 0.667. The van der Waals surface area contributed by atoms with Gasteiger partial charge in [-0.1, -0.05) is 30.3 Å². The van der Waals surface area contributed by atoms with Crippen molar-refractivity contribution in [1.29, 1.82) is 5.26 Å². The molecule has 4 rings (SSSR count). The Balaban J connectivity index is 1.57. The predicted octanol–water partition coefficient (Wildman–Crippen LogP) is 4.18.